The highest BCUT2D eigenvalue weighted by Gasteiger charge is 2.18. The van der Waals surface area contributed by atoms with E-state index < -0.39 is 0 Å². The highest BCUT2D eigenvalue weighted by molar-refractivity contribution is 9.10. The zero-order valence-corrected chi connectivity index (χ0v) is 12.5. The molecule has 96 valence electrons. The first-order chi connectivity index (χ1) is 8.61. The van der Waals surface area contributed by atoms with Gasteiger partial charge in [0.25, 0.3) is 0 Å². The Kier molecular flexibility index (Phi) is 4.37. The van der Waals surface area contributed by atoms with E-state index in [0.29, 0.717) is 0 Å². The molecule has 1 atom stereocenters. The average molecular weight is 330 g/mol. The van der Waals surface area contributed by atoms with E-state index in [1.165, 1.54) is 5.56 Å². The SMILES string of the molecule is CNC(Cc1cccc(Cl)c1)c1c(Br)nnn1C. The van der Waals surface area contributed by atoms with Gasteiger partial charge in [-0.15, -0.1) is 5.10 Å². The largest absolute Gasteiger partial charge is 0.311 e. The molecule has 0 aliphatic rings. The number of aryl methyl sites for hydroxylation is 1. The zero-order valence-electron chi connectivity index (χ0n) is 10.2. The van der Waals surface area contributed by atoms with Crippen molar-refractivity contribution in [2.75, 3.05) is 7.05 Å². The van der Waals surface area contributed by atoms with Crippen molar-refractivity contribution in [3.8, 4) is 0 Å². The predicted molar refractivity (Wildman–Crippen MR) is 75.7 cm³/mol. The second kappa shape index (κ2) is 5.82. The summed E-state index contributed by atoms with van der Waals surface area (Å²) in [7, 11) is 3.81. The molecule has 1 N–H and O–H groups in total. The summed E-state index contributed by atoms with van der Waals surface area (Å²) >= 11 is 9.43. The first-order valence-corrected chi connectivity index (χ1v) is 6.75. The van der Waals surface area contributed by atoms with Crippen molar-refractivity contribution in [3.63, 3.8) is 0 Å². The van der Waals surface area contributed by atoms with E-state index in [-0.39, 0.29) is 6.04 Å². The fourth-order valence-electron chi connectivity index (χ4n) is 1.94. The molecule has 0 aliphatic heterocycles. The Hall–Kier alpha value is -0.910. The molecule has 0 fully saturated rings. The lowest BCUT2D eigenvalue weighted by atomic mass is 10.0. The molecular weight excluding hydrogens is 316 g/mol. The molecule has 0 saturated carbocycles. The van der Waals surface area contributed by atoms with Crippen LogP contribution >= 0.6 is 27.5 Å². The second-order valence-corrected chi connectivity index (χ2v) is 5.25. The number of likely N-dealkylation sites (N-methyl/N-ethyl adjacent to an activating group) is 1. The monoisotopic (exact) mass is 328 g/mol. The Balaban J connectivity index is 2.25. The first kappa shape index (κ1) is 13.5. The normalized spacial score (nSPS) is 12.7. The summed E-state index contributed by atoms with van der Waals surface area (Å²) in [6, 6.07) is 8.01. The molecule has 0 amide bonds. The van der Waals surface area contributed by atoms with E-state index in [9.17, 15) is 0 Å². The fraction of sp³-hybridized carbons (Fsp3) is 0.333. The zero-order chi connectivity index (χ0) is 13.1. The van der Waals surface area contributed by atoms with Gasteiger partial charge in [0.2, 0.25) is 0 Å². The van der Waals surface area contributed by atoms with Crippen molar-refractivity contribution >= 4 is 27.5 Å². The molecule has 0 bridgehead atoms. The van der Waals surface area contributed by atoms with Crippen molar-refractivity contribution in [1.29, 1.82) is 0 Å². The van der Waals surface area contributed by atoms with Gasteiger partial charge in [0.05, 0.1) is 11.7 Å². The van der Waals surface area contributed by atoms with Gasteiger partial charge in [0.1, 0.15) is 0 Å². The number of rotatable bonds is 4. The quantitative estimate of drug-likeness (QED) is 0.938. The summed E-state index contributed by atoms with van der Waals surface area (Å²) in [4.78, 5) is 0. The molecule has 0 radical (unpaired) electrons. The van der Waals surface area contributed by atoms with Crippen molar-refractivity contribution in [1.82, 2.24) is 20.3 Å². The number of nitrogens with one attached hydrogen (secondary N) is 1. The van der Waals surface area contributed by atoms with Gasteiger partial charge in [-0.1, -0.05) is 28.9 Å². The molecule has 1 aromatic heterocycles. The third-order valence-electron chi connectivity index (χ3n) is 2.83. The Labute approximate surface area is 119 Å². The molecule has 2 aromatic rings. The Morgan fingerprint density at radius 3 is 2.83 bits per heavy atom. The standard InChI is InChI=1S/C12H14BrClN4/c1-15-10(11-12(13)16-17-18(11)2)7-8-4-3-5-9(14)6-8/h3-6,10,15H,7H2,1-2H3. The van der Waals surface area contributed by atoms with Crippen LogP contribution in [0, 0.1) is 0 Å². The van der Waals surface area contributed by atoms with E-state index in [1.54, 1.807) is 4.68 Å². The number of halogens is 2. The molecule has 18 heavy (non-hydrogen) atoms. The van der Waals surface area contributed by atoms with Crippen LogP contribution in [-0.2, 0) is 13.5 Å². The Morgan fingerprint density at radius 1 is 1.50 bits per heavy atom. The maximum absolute atomic E-state index is 6.00. The summed E-state index contributed by atoms with van der Waals surface area (Å²) in [5.74, 6) is 0. The summed E-state index contributed by atoms with van der Waals surface area (Å²) in [5.41, 5.74) is 2.20. The van der Waals surface area contributed by atoms with Crippen LogP contribution in [0.25, 0.3) is 0 Å². The number of aromatic nitrogens is 3. The van der Waals surface area contributed by atoms with Crippen molar-refractivity contribution in [2.45, 2.75) is 12.5 Å². The lowest BCUT2D eigenvalue weighted by Gasteiger charge is -2.16. The summed E-state index contributed by atoms with van der Waals surface area (Å²) < 4.78 is 2.54. The van der Waals surface area contributed by atoms with Crippen LogP contribution in [0.2, 0.25) is 5.02 Å². The highest BCUT2D eigenvalue weighted by atomic mass is 79.9. The number of hydrogen-bond acceptors (Lipinski definition) is 3. The molecule has 1 unspecified atom stereocenters. The molecule has 0 spiro atoms. The lowest BCUT2D eigenvalue weighted by Crippen LogP contribution is -2.22. The fourth-order valence-corrected chi connectivity index (χ4v) is 2.76. The number of benzene rings is 1. The molecule has 2 rings (SSSR count). The molecule has 4 nitrogen and oxygen atoms in total. The molecule has 1 aromatic carbocycles. The van der Waals surface area contributed by atoms with Gasteiger partial charge in [-0.3, -0.25) is 0 Å². The van der Waals surface area contributed by atoms with Crippen molar-refractivity contribution in [2.24, 2.45) is 7.05 Å². The smallest absolute Gasteiger partial charge is 0.153 e. The lowest BCUT2D eigenvalue weighted by molar-refractivity contribution is 0.533. The third-order valence-corrected chi connectivity index (χ3v) is 3.63. The second-order valence-electron chi connectivity index (χ2n) is 4.06. The Bertz CT molecular complexity index is 521. The molecule has 0 saturated heterocycles. The molecular formula is C12H14BrClN4. The van der Waals surface area contributed by atoms with E-state index >= 15 is 0 Å². The first-order valence-electron chi connectivity index (χ1n) is 5.58. The van der Waals surface area contributed by atoms with Crippen LogP contribution in [0.1, 0.15) is 17.3 Å². The van der Waals surface area contributed by atoms with Gasteiger partial charge in [0.15, 0.2) is 4.60 Å². The highest BCUT2D eigenvalue weighted by Crippen LogP contribution is 2.24. The predicted octanol–water partition coefficient (Wildman–Crippen LogP) is 2.73. The van der Waals surface area contributed by atoms with Gasteiger partial charge >= 0.3 is 0 Å². The summed E-state index contributed by atoms with van der Waals surface area (Å²) in [6.07, 6.45) is 0.830. The van der Waals surface area contributed by atoms with Crippen LogP contribution < -0.4 is 5.32 Å². The van der Waals surface area contributed by atoms with Crippen LogP contribution in [-0.4, -0.2) is 22.0 Å². The van der Waals surface area contributed by atoms with E-state index in [1.807, 2.05) is 32.3 Å². The summed E-state index contributed by atoms with van der Waals surface area (Å²) in [5, 5.41) is 12.0. The van der Waals surface area contributed by atoms with Crippen LogP contribution in [0.4, 0.5) is 0 Å². The maximum atomic E-state index is 6.00. The van der Waals surface area contributed by atoms with Gasteiger partial charge in [-0.2, -0.15) is 0 Å². The van der Waals surface area contributed by atoms with Gasteiger partial charge in [-0.25, -0.2) is 4.68 Å². The number of nitrogens with zero attached hydrogens (tertiary/aromatic N) is 3. The van der Waals surface area contributed by atoms with Gasteiger partial charge in [-0.05, 0) is 47.1 Å². The average Bonchev–Trinajstić information content (AvgIpc) is 2.67. The molecule has 6 heteroatoms. The van der Waals surface area contributed by atoms with E-state index in [4.69, 9.17) is 11.6 Å². The third kappa shape index (κ3) is 2.91. The number of hydrogen-bond donors (Lipinski definition) is 1. The minimum Gasteiger partial charge on any atom is -0.311 e. The Morgan fingerprint density at radius 2 is 2.28 bits per heavy atom. The molecule has 1 heterocycles. The van der Waals surface area contributed by atoms with Gasteiger partial charge < -0.3 is 5.32 Å². The van der Waals surface area contributed by atoms with Crippen molar-refractivity contribution < 1.29 is 0 Å². The minimum atomic E-state index is 0.137. The molecule has 0 aliphatic carbocycles. The van der Waals surface area contributed by atoms with E-state index in [0.717, 1.165) is 21.7 Å². The van der Waals surface area contributed by atoms with Gasteiger partial charge in [0, 0.05) is 12.1 Å². The minimum absolute atomic E-state index is 0.137. The van der Waals surface area contributed by atoms with Crippen molar-refractivity contribution in [3.05, 3.63) is 45.1 Å². The van der Waals surface area contributed by atoms with Crippen LogP contribution in [0.15, 0.2) is 28.9 Å². The van der Waals surface area contributed by atoms with Crippen LogP contribution in [0.5, 0.6) is 0 Å². The maximum Gasteiger partial charge on any atom is 0.153 e. The van der Waals surface area contributed by atoms with E-state index in [2.05, 4.69) is 37.6 Å². The summed E-state index contributed by atoms with van der Waals surface area (Å²) in [6.45, 7) is 0. The topological polar surface area (TPSA) is 42.7 Å². The van der Waals surface area contributed by atoms with Crippen LogP contribution in [0.3, 0.4) is 0 Å².